The Morgan fingerprint density at radius 2 is 1.93 bits per heavy atom. The molecule has 1 atom stereocenters. The number of rotatable bonds is 8. The summed E-state index contributed by atoms with van der Waals surface area (Å²) in [7, 11) is -3.66. The average Bonchev–Trinajstić information content (AvgIpc) is 3.17. The van der Waals surface area contributed by atoms with E-state index in [0.29, 0.717) is 12.2 Å². The molecule has 0 saturated carbocycles. The Bertz CT molecular complexity index is 971. The van der Waals surface area contributed by atoms with Crippen LogP contribution in [0.1, 0.15) is 12.0 Å². The van der Waals surface area contributed by atoms with Crippen LogP contribution >= 0.6 is 23.1 Å². The van der Waals surface area contributed by atoms with Crippen molar-refractivity contribution >= 4 is 33.1 Å². The second kappa shape index (κ2) is 8.99. The first-order valence-electron chi connectivity index (χ1n) is 8.34. The zero-order chi connectivity index (χ0) is 19.3. The molecule has 2 aromatic heterocycles. The van der Waals surface area contributed by atoms with Gasteiger partial charge in [-0.25, -0.2) is 13.6 Å². The van der Waals surface area contributed by atoms with Crippen molar-refractivity contribution in [3.63, 3.8) is 0 Å². The number of primary sulfonamides is 1. The summed E-state index contributed by atoms with van der Waals surface area (Å²) in [6.07, 6.45) is 4.68. The highest BCUT2D eigenvalue weighted by atomic mass is 32.2. The zero-order valence-electron chi connectivity index (χ0n) is 14.5. The molecule has 0 bridgehead atoms. The van der Waals surface area contributed by atoms with Crippen LogP contribution in [-0.2, 0) is 16.4 Å². The van der Waals surface area contributed by atoms with E-state index < -0.39 is 10.0 Å². The smallest absolute Gasteiger partial charge is 0.247 e. The van der Waals surface area contributed by atoms with Gasteiger partial charge in [0.25, 0.3) is 0 Å². The van der Waals surface area contributed by atoms with Gasteiger partial charge < -0.3 is 5.11 Å². The van der Waals surface area contributed by atoms with Crippen LogP contribution in [0.5, 0.6) is 0 Å². The molecule has 0 fully saturated rings. The molecule has 0 radical (unpaired) electrons. The second-order valence-corrected chi connectivity index (χ2v) is 10.0. The number of sulfonamides is 1. The number of thioether (sulfide) groups is 1. The lowest BCUT2D eigenvalue weighted by atomic mass is 10.1. The maximum atomic E-state index is 11.4. The fraction of sp³-hybridized carbons (Fsp3) is 0.211. The predicted octanol–water partition coefficient (Wildman–Crippen LogP) is 3.54. The predicted molar refractivity (Wildman–Crippen MR) is 110 cm³/mol. The molecule has 0 saturated heterocycles. The van der Waals surface area contributed by atoms with Crippen molar-refractivity contribution in [3.05, 3.63) is 66.5 Å². The molecule has 0 spiro atoms. The maximum Gasteiger partial charge on any atom is 0.247 e. The van der Waals surface area contributed by atoms with Crippen LogP contribution < -0.4 is 5.14 Å². The fourth-order valence-corrected chi connectivity index (χ4v) is 5.11. The van der Waals surface area contributed by atoms with Gasteiger partial charge in [-0.1, -0.05) is 18.2 Å². The minimum atomic E-state index is -3.66. The first kappa shape index (κ1) is 20.0. The number of nitrogens with two attached hydrogens (primary N) is 1. The first-order chi connectivity index (χ1) is 12.9. The van der Waals surface area contributed by atoms with E-state index in [0.717, 1.165) is 38.7 Å². The standard InChI is InChI=1S/C19H20N2O3S3/c20-27(23,24)19-10-9-18(26-19)15-4-7-17(8-5-15)25-13-16(22)6-3-14-2-1-11-21-12-14/h1-2,4-5,7-12,16,22H,3,6,13H2,(H2,20,23,24)/t16-/m1/s1. The van der Waals surface area contributed by atoms with Crippen molar-refractivity contribution < 1.29 is 13.5 Å². The van der Waals surface area contributed by atoms with Crippen LogP contribution in [0, 0.1) is 0 Å². The highest BCUT2D eigenvalue weighted by molar-refractivity contribution is 7.99. The summed E-state index contributed by atoms with van der Waals surface area (Å²) in [6.45, 7) is 0. The molecule has 3 rings (SSSR count). The lowest BCUT2D eigenvalue weighted by Crippen LogP contribution is -2.11. The number of pyridine rings is 1. The van der Waals surface area contributed by atoms with Crippen molar-refractivity contribution in [2.45, 2.75) is 28.1 Å². The monoisotopic (exact) mass is 420 g/mol. The third-order valence-electron chi connectivity index (χ3n) is 3.93. The number of hydrogen-bond acceptors (Lipinski definition) is 6. The second-order valence-electron chi connectivity index (χ2n) is 6.05. The molecule has 3 N–H and O–H groups in total. The van der Waals surface area contributed by atoms with Gasteiger partial charge in [0.1, 0.15) is 4.21 Å². The topological polar surface area (TPSA) is 93.3 Å². The van der Waals surface area contributed by atoms with Crippen LogP contribution in [-0.4, -0.2) is 30.4 Å². The molecule has 3 aromatic rings. The van der Waals surface area contributed by atoms with E-state index in [1.54, 1.807) is 24.0 Å². The van der Waals surface area contributed by atoms with Crippen LogP contribution in [0.15, 0.2) is 70.0 Å². The Morgan fingerprint density at radius 1 is 1.15 bits per heavy atom. The number of aromatic nitrogens is 1. The van der Waals surface area contributed by atoms with Gasteiger partial charge in [-0.3, -0.25) is 4.98 Å². The fourth-order valence-electron chi connectivity index (χ4n) is 2.50. The molecule has 1 aromatic carbocycles. The van der Waals surface area contributed by atoms with Gasteiger partial charge in [-0.15, -0.1) is 23.1 Å². The molecule has 2 heterocycles. The van der Waals surface area contributed by atoms with Crippen LogP contribution in [0.4, 0.5) is 0 Å². The molecular formula is C19H20N2O3S3. The summed E-state index contributed by atoms with van der Waals surface area (Å²) in [5, 5.41) is 15.3. The summed E-state index contributed by atoms with van der Waals surface area (Å²) in [5.41, 5.74) is 2.07. The molecule has 0 aliphatic heterocycles. The van der Waals surface area contributed by atoms with Crippen LogP contribution in [0.3, 0.4) is 0 Å². The molecule has 0 amide bonds. The quantitative estimate of drug-likeness (QED) is 0.544. The van der Waals surface area contributed by atoms with Gasteiger partial charge in [0, 0.05) is 27.9 Å². The number of aliphatic hydroxyl groups is 1. The van der Waals surface area contributed by atoms with Crippen molar-refractivity contribution in [2.24, 2.45) is 5.14 Å². The summed E-state index contributed by atoms with van der Waals surface area (Å²) >= 11 is 2.76. The molecule has 5 nitrogen and oxygen atoms in total. The molecule has 142 valence electrons. The Balaban J connectivity index is 1.52. The average molecular weight is 421 g/mol. The summed E-state index contributed by atoms with van der Waals surface area (Å²) in [5.74, 6) is 0.619. The molecular weight excluding hydrogens is 400 g/mol. The van der Waals surface area contributed by atoms with Crippen molar-refractivity contribution in [1.29, 1.82) is 0 Å². The van der Waals surface area contributed by atoms with E-state index in [2.05, 4.69) is 4.98 Å². The Morgan fingerprint density at radius 3 is 2.56 bits per heavy atom. The number of aryl methyl sites for hydroxylation is 1. The van der Waals surface area contributed by atoms with Crippen LogP contribution in [0.25, 0.3) is 10.4 Å². The Kier molecular flexibility index (Phi) is 6.67. The molecule has 0 aliphatic rings. The largest absolute Gasteiger partial charge is 0.392 e. The summed E-state index contributed by atoms with van der Waals surface area (Å²) < 4.78 is 22.9. The molecule has 27 heavy (non-hydrogen) atoms. The highest BCUT2D eigenvalue weighted by Crippen LogP contribution is 2.31. The summed E-state index contributed by atoms with van der Waals surface area (Å²) in [4.78, 5) is 5.99. The number of nitrogens with zero attached hydrogens (tertiary/aromatic N) is 1. The number of thiophene rings is 1. The molecule has 8 heteroatoms. The first-order valence-corrected chi connectivity index (χ1v) is 11.7. The third kappa shape index (κ3) is 5.88. The van der Waals surface area contributed by atoms with E-state index in [4.69, 9.17) is 5.14 Å². The lowest BCUT2D eigenvalue weighted by Gasteiger charge is -2.10. The molecule has 0 unspecified atom stereocenters. The van der Waals surface area contributed by atoms with E-state index >= 15 is 0 Å². The maximum absolute atomic E-state index is 11.4. The lowest BCUT2D eigenvalue weighted by molar-refractivity contribution is 0.189. The van der Waals surface area contributed by atoms with Crippen molar-refractivity contribution in [1.82, 2.24) is 4.98 Å². The van der Waals surface area contributed by atoms with Crippen molar-refractivity contribution in [3.8, 4) is 10.4 Å². The van der Waals surface area contributed by atoms with Gasteiger partial charge in [0.15, 0.2) is 0 Å². The zero-order valence-corrected chi connectivity index (χ0v) is 16.9. The van der Waals surface area contributed by atoms with Gasteiger partial charge in [0.2, 0.25) is 10.0 Å². The third-order valence-corrected chi connectivity index (χ3v) is 7.66. The highest BCUT2D eigenvalue weighted by Gasteiger charge is 2.12. The van der Waals surface area contributed by atoms with E-state index in [-0.39, 0.29) is 10.3 Å². The number of hydrogen-bond donors (Lipinski definition) is 2. The minimum Gasteiger partial charge on any atom is -0.392 e. The van der Waals surface area contributed by atoms with Crippen molar-refractivity contribution in [2.75, 3.05) is 5.75 Å². The van der Waals surface area contributed by atoms with E-state index in [1.807, 2.05) is 42.6 Å². The van der Waals surface area contributed by atoms with E-state index in [9.17, 15) is 13.5 Å². The SMILES string of the molecule is NS(=O)(=O)c1ccc(-c2ccc(SC[C@H](O)CCc3cccnc3)cc2)s1. The number of aliphatic hydroxyl groups excluding tert-OH is 1. The Hall–Kier alpha value is -1.71. The van der Waals surface area contributed by atoms with E-state index in [1.165, 1.54) is 6.07 Å². The van der Waals surface area contributed by atoms with Crippen LogP contribution in [0.2, 0.25) is 0 Å². The minimum absolute atomic E-state index is 0.160. The van der Waals surface area contributed by atoms with Gasteiger partial charge >= 0.3 is 0 Å². The van der Waals surface area contributed by atoms with Gasteiger partial charge in [0.05, 0.1) is 6.10 Å². The normalized spacial score (nSPS) is 12.8. The summed E-state index contributed by atoms with van der Waals surface area (Å²) in [6, 6.07) is 15.0. The molecule has 0 aliphatic carbocycles. The van der Waals surface area contributed by atoms with Gasteiger partial charge in [-0.05, 0) is 54.3 Å². The van der Waals surface area contributed by atoms with Gasteiger partial charge in [-0.2, -0.15) is 0 Å². The number of benzene rings is 1. The Labute approximate surface area is 167 Å².